The molecule has 0 bridgehead atoms. The summed E-state index contributed by atoms with van der Waals surface area (Å²) in [6.07, 6.45) is 1.84. The lowest BCUT2D eigenvalue weighted by Gasteiger charge is -1.94. The lowest BCUT2D eigenvalue weighted by atomic mass is 10.2. The Balaban J connectivity index is 2.07. The largest absolute Gasteiger partial charge is 0.435 e. The molecule has 0 unspecified atom stereocenters. The van der Waals surface area contributed by atoms with Gasteiger partial charge in [0.1, 0.15) is 10.4 Å². The lowest BCUT2D eigenvalue weighted by molar-refractivity contribution is 0.621. The summed E-state index contributed by atoms with van der Waals surface area (Å²) in [6, 6.07) is 6.04. The first-order chi connectivity index (χ1) is 8.63. The lowest BCUT2D eigenvalue weighted by Crippen LogP contribution is -1.81. The van der Waals surface area contributed by atoms with Crippen LogP contribution in [0.25, 0.3) is 21.9 Å². The van der Waals surface area contributed by atoms with Crippen LogP contribution in [-0.2, 0) is 0 Å². The molecule has 3 aromatic rings. The Morgan fingerprint density at radius 1 is 1.28 bits per heavy atom. The molecule has 0 N–H and O–H groups in total. The van der Waals surface area contributed by atoms with Crippen molar-refractivity contribution in [3.63, 3.8) is 0 Å². The minimum absolute atomic E-state index is 0.440. The molecule has 92 valence electrons. The van der Waals surface area contributed by atoms with Crippen molar-refractivity contribution in [2.45, 2.75) is 26.7 Å². The maximum Gasteiger partial charge on any atom is 0.239 e. The maximum absolute atomic E-state index is 5.79. The molecule has 4 heteroatoms. The van der Waals surface area contributed by atoms with E-state index in [1.807, 2.05) is 31.3 Å². The van der Waals surface area contributed by atoms with E-state index < -0.39 is 0 Å². The van der Waals surface area contributed by atoms with Crippen molar-refractivity contribution >= 4 is 22.4 Å². The molecule has 0 saturated heterocycles. The molecule has 0 aliphatic carbocycles. The summed E-state index contributed by atoms with van der Waals surface area (Å²) in [4.78, 5) is 9.89. The first-order valence-electron chi connectivity index (χ1n) is 5.97. The first-order valence-corrected chi connectivity index (χ1v) is 6.78. The monoisotopic (exact) mass is 258 g/mol. The molecule has 2 aromatic heterocycles. The molecular formula is C14H14N2OS. The van der Waals surface area contributed by atoms with Gasteiger partial charge in [-0.1, -0.05) is 19.9 Å². The van der Waals surface area contributed by atoms with Crippen molar-refractivity contribution in [2.24, 2.45) is 0 Å². The van der Waals surface area contributed by atoms with Crippen molar-refractivity contribution in [3.8, 4) is 10.8 Å². The summed E-state index contributed by atoms with van der Waals surface area (Å²) in [5.41, 5.74) is 2.91. The van der Waals surface area contributed by atoms with Crippen molar-refractivity contribution in [3.05, 3.63) is 35.0 Å². The summed E-state index contributed by atoms with van der Waals surface area (Å²) in [5.74, 6) is 1.11. The highest BCUT2D eigenvalue weighted by atomic mass is 32.1. The number of rotatable bonds is 2. The molecule has 3 rings (SSSR count). The molecule has 0 aliphatic rings. The van der Waals surface area contributed by atoms with Gasteiger partial charge in [0.05, 0.1) is 11.2 Å². The molecule has 0 aliphatic heterocycles. The van der Waals surface area contributed by atoms with Gasteiger partial charge in [0.2, 0.25) is 5.89 Å². The van der Waals surface area contributed by atoms with E-state index in [0.29, 0.717) is 11.8 Å². The molecule has 18 heavy (non-hydrogen) atoms. The zero-order chi connectivity index (χ0) is 12.7. The minimum Gasteiger partial charge on any atom is -0.435 e. The smallest absolute Gasteiger partial charge is 0.239 e. The van der Waals surface area contributed by atoms with Gasteiger partial charge >= 0.3 is 0 Å². The Bertz CT molecular complexity index is 697. The molecule has 1 aromatic carbocycles. The third-order valence-electron chi connectivity index (χ3n) is 2.77. The van der Waals surface area contributed by atoms with Crippen LogP contribution in [0.4, 0.5) is 0 Å². The third kappa shape index (κ3) is 1.93. The molecular weight excluding hydrogens is 244 g/mol. The van der Waals surface area contributed by atoms with Crippen LogP contribution in [0.15, 0.2) is 28.8 Å². The topological polar surface area (TPSA) is 38.9 Å². The van der Waals surface area contributed by atoms with E-state index in [0.717, 1.165) is 21.0 Å². The molecule has 0 fully saturated rings. The average molecular weight is 258 g/mol. The van der Waals surface area contributed by atoms with Gasteiger partial charge in [-0.05, 0) is 24.6 Å². The summed E-state index contributed by atoms with van der Waals surface area (Å²) in [7, 11) is 0. The first kappa shape index (κ1) is 11.4. The fourth-order valence-corrected chi connectivity index (χ4v) is 2.64. The van der Waals surface area contributed by atoms with Crippen LogP contribution >= 0.6 is 11.3 Å². The Kier molecular flexibility index (Phi) is 2.67. The number of benzene rings is 1. The normalized spacial score (nSPS) is 11.6. The number of oxazole rings is 1. The number of hydrogen-bond donors (Lipinski definition) is 0. The predicted octanol–water partition coefficient (Wildman–Crippen LogP) is 4.38. The zero-order valence-corrected chi connectivity index (χ0v) is 11.4. The van der Waals surface area contributed by atoms with Gasteiger partial charge in [-0.25, -0.2) is 9.97 Å². The Morgan fingerprint density at radius 3 is 2.83 bits per heavy atom. The molecule has 0 spiro atoms. The van der Waals surface area contributed by atoms with Crippen molar-refractivity contribution in [1.82, 2.24) is 9.97 Å². The van der Waals surface area contributed by atoms with E-state index in [1.165, 1.54) is 5.56 Å². The number of hydrogen-bond acceptors (Lipinski definition) is 4. The van der Waals surface area contributed by atoms with E-state index in [2.05, 4.69) is 23.8 Å². The van der Waals surface area contributed by atoms with Crippen LogP contribution < -0.4 is 0 Å². The van der Waals surface area contributed by atoms with Crippen LogP contribution in [0.3, 0.4) is 0 Å². The number of aromatic nitrogens is 2. The SMILES string of the molecule is Cc1ccc2nc(-c3cnc(C(C)C)s3)oc2c1. The minimum atomic E-state index is 0.440. The predicted molar refractivity (Wildman–Crippen MR) is 73.9 cm³/mol. The summed E-state index contributed by atoms with van der Waals surface area (Å²) in [5, 5.41) is 1.11. The van der Waals surface area contributed by atoms with Gasteiger partial charge in [-0.3, -0.25) is 0 Å². The van der Waals surface area contributed by atoms with Crippen LogP contribution in [0, 0.1) is 6.92 Å². The van der Waals surface area contributed by atoms with E-state index in [9.17, 15) is 0 Å². The quantitative estimate of drug-likeness (QED) is 0.684. The molecule has 0 saturated carbocycles. The van der Waals surface area contributed by atoms with Gasteiger partial charge in [-0.2, -0.15) is 0 Å². The molecule has 0 atom stereocenters. The molecule has 0 radical (unpaired) electrons. The fraction of sp³-hybridized carbons (Fsp3) is 0.286. The second-order valence-corrected chi connectivity index (χ2v) is 5.77. The van der Waals surface area contributed by atoms with E-state index >= 15 is 0 Å². The van der Waals surface area contributed by atoms with Gasteiger partial charge < -0.3 is 4.42 Å². The molecule has 3 nitrogen and oxygen atoms in total. The second kappa shape index (κ2) is 4.21. The van der Waals surface area contributed by atoms with Gasteiger partial charge in [0, 0.05) is 5.92 Å². The van der Waals surface area contributed by atoms with Crippen LogP contribution in [0.2, 0.25) is 0 Å². The number of thiazole rings is 1. The second-order valence-electron chi connectivity index (χ2n) is 4.71. The molecule has 0 amide bonds. The number of aryl methyl sites for hydroxylation is 1. The number of fused-ring (bicyclic) bond motifs is 1. The van der Waals surface area contributed by atoms with Crippen molar-refractivity contribution < 1.29 is 4.42 Å². The molecule has 2 heterocycles. The standard InChI is InChI=1S/C14H14N2OS/c1-8(2)14-15-7-12(18-14)13-16-10-5-4-9(3)6-11(10)17-13/h4-8H,1-3H3. The van der Waals surface area contributed by atoms with Crippen molar-refractivity contribution in [2.75, 3.05) is 0 Å². The fourth-order valence-electron chi connectivity index (χ4n) is 1.79. The van der Waals surface area contributed by atoms with Crippen LogP contribution in [-0.4, -0.2) is 9.97 Å². The summed E-state index contributed by atoms with van der Waals surface area (Å²) >= 11 is 1.65. The van der Waals surface area contributed by atoms with E-state index in [4.69, 9.17) is 4.42 Å². The highest BCUT2D eigenvalue weighted by Crippen LogP contribution is 2.31. The highest BCUT2D eigenvalue weighted by Gasteiger charge is 2.13. The van der Waals surface area contributed by atoms with E-state index in [-0.39, 0.29) is 0 Å². The third-order valence-corrected chi connectivity index (χ3v) is 4.06. The van der Waals surface area contributed by atoms with Gasteiger partial charge in [0.25, 0.3) is 0 Å². The Morgan fingerprint density at radius 2 is 2.11 bits per heavy atom. The summed E-state index contributed by atoms with van der Waals surface area (Å²) in [6.45, 7) is 6.32. The average Bonchev–Trinajstić information content (AvgIpc) is 2.93. The van der Waals surface area contributed by atoms with Crippen molar-refractivity contribution in [1.29, 1.82) is 0 Å². The van der Waals surface area contributed by atoms with Gasteiger partial charge in [0.15, 0.2) is 5.58 Å². The Hall–Kier alpha value is -1.68. The van der Waals surface area contributed by atoms with E-state index in [1.54, 1.807) is 11.3 Å². The maximum atomic E-state index is 5.79. The van der Waals surface area contributed by atoms with Crippen LogP contribution in [0.5, 0.6) is 0 Å². The summed E-state index contributed by atoms with van der Waals surface area (Å²) < 4.78 is 5.79. The highest BCUT2D eigenvalue weighted by molar-refractivity contribution is 7.15. The zero-order valence-electron chi connectivity index (χ0n) is 10.6. The van der Waals surface area contributed by atoms with Gasteiger partial charge in [-0.15, -0.1) is 11.3 Å². The van der Waals surface area contributed by atoms with Crippen LogP contribution in [0.1, 0.15) is 30.3 Å². The number of nitrogens with zero attached hydrogens (tertiary/aromatic N) is 2. The Labute approximate surface area is 110 Å².